The largest absolute Gasteiger partial charge is 0.342 e. The predicted octanol–water partition coefficient (Wildman–Crippen LogP) is 2.40. The Morgan fingerprint density at radius 2 is 1.79 bits per heavy atom. The zero-order valence-electron chi connectivity index (χ0n) is 16.9. The van der Waals surface area contributed by atoms with Crippen LogP contribution in [0.3, 0.4) is 0 Å². The molecular weight excluding hydrogens is 398 g/mol. The number of carbonyl (C=O) groups is 1. The molecule has 2 saturated heterocycles. The lowest BCUT2D eigenvalue weighted by atomic mass is 9.79. The van der Waals surface area contributed by atoms with E-state index in [1.807, 2.05) is 11.8 Å². The fourth-order valence-corrected chi connectivity index (χ4v) is 5.57. The Morgan fingerprint density at radius 1 is 1.14 bits per heavy atom. The lowest BCUT2D eigenvalue weighted by molar-refractivity contribution is -0.140. The van der Waals surface area contributed by atoms with Crippen LogP contribution in [-0.2, 0) is 14.8 Å². The number of sulfonamides is 1. The van der Waals surface area contributed by atoms with Crippen LogP contribution in [0, 0.1) is 18.3 Å². The second-order valence-electron chi connectivity index (χ2n) is 8.66. The van der Waals surface area contributed by atoms with E-state index in [0.717, 1.165) is 18.4 Å². The molecule has 0 saturated carbocycles. The number of carbonyl (C=O) groups excluding carboxylic acids is 1. The number of amides is 1. The van der Waals surface area contributed by atoms with Gasteiger partial charge in [-0.15, -0.1) is 12.4 Å². The zero-order valence-corrected chi connectivity index (χ0v) is 18.6. The van der Waals surface area contributed by atoms with Gasteiger partial charge in [-0.05, 0) is 43.7 Å². The monoisotopic (exact) mass is 429 g/mol. The third-order valence-electron chi connectivity index (χ3n) is 6.02. The van der Waals surface area contributed by atoms with Crippen molar-refractivity contribution in [1.82, 2.24) is 9.21 Å². The molecule has 158 valence electrons. The van der Waals surface area contributed by atoms with Crippen LogP contribution < -0.4 is 5.73 Å². The highest BCUT2D eigenvalue weighted by Crippen LogP contribution is 2.31. The third kappa shape index (κ3) is 4.70. The highest BCUT2D eigenvalue weighted by molar-refractivity contribution is 7.89. The van der Waals surface area contributed by atoms with E-state index in [1.54, 1.807) is 24.3 Å². The summed E-state index contributed by atoms with van der Waals surface area (Å²) in [6.45, 7) is 8.13. The van der Waals surface area contributed by atoms with Crippen LogP contribution in [-0.4, -0.2) is 55.8 Å². The van der Waals surface area contributed by atoms with Gasteiger partial charge in [0.2, 0.25) is 15.9 Å². The topological polar surface area (TPSA) is 83.7 Å². The van der Waals surface area contributed by atoms with E-state index < -0.39 is 10.0 Å². The predicted molar refractivity (Wildman–Crippen MR) is 113 cm³/mol. The van der Waals surface area contributed by atoms with E-state index in [9.17, 15) is 13.2 Å². The average molecular weight is 430 g/mol. The summed E-state index contributed by atoms with van der Waals surface area (Å²) in [5.41, 5.74) is 7.09. The van der Waals surface area contributed by atoms with Crippen LogP contribution in [0.5, 0.6) is 0 Å². The molecule has 2 heterocycles. The van der Waals surface area contributed by atoms with Crippen molar-refractivity contribution in [3.63, 3.8) is 0 Å². The van der Waals surface area contributed by atoms with Crippen LogP contribution in [0.1, 0.15) is 38.7 Å². The molecule has 28 heavy (non-hydrogen) atoms. The van der Waals surface area contributed by atoms with Gasteiger partial charge in [-0.1, -0.05) is 31.5 Å². The van der Waals surface area contributed by atoms with E-state index in [-0.39, 0.29) is 42.2 Å². The molecule has 0 aliphatic carbocycles. The van der Waals surface area contributed by atoms with Crippen molar-refractivity contribution in [2.75, 3.05) is 26.2 Å². The minimum absolute atomic E-state index is 0. The van der Waals surface area contributed by atoms with Gasteiger partial charge in [-0.2, -0.15) is 4.31 Å². The first-order chi connectivity index (χ1) is 12.6. The molecule has 3 rings (SSSR count). The number of rotatable bonds is 3. The highest BCUT2D eigenvalue weighted by Gasteiger charge is 2.39. The van der Waals surface area contributed by atoms with Crippen molar-refractivity contribution in [2.45, 2.75) is 51.0 Å². The molecule has 2 atom stereocenters. The molecule has 2 N–H and O–H groups in total. The first kappa shape index (κ1) is 23.1. The van der Waals surface area contributed by atoms with Crippen molar-refractivity contribution in [3.05, 3.63) is 29.8 Å². The summed E-state index contributed by atoms with van der Waals surface area (Å²) in [6.07, 6.45) is 2.23. The van der Waals surface area contributed by atoms with Gasteiger partial charge in [-0.3, -0.25) is 4.79 Å². The minimum Gasteiger partial charge on any atom is -0.342 e. The summed E-state index contributed by atoms with van der Waals surface area (Å²) < 4.78 is 27.4. The summed E-state index contributed by atoms with van der Waals surface area (Å²) in [6, 6.07) is 6.98. The van der Waals surface area contributed by atoms with Crippen LogP contribution >= 0.6 is 12.4 Å². The summed E-state index contributed by atoms with van der Waals surface area (Å²) in [7, 11) is -3.56. The van der Waals surface area contributed by atoms with E-state index >= 15 is 0 Å². The number of halogens is 1. The lowest BCUT2D eigenvalue weighted by Crippen LogP contribution is -2.56. The highest BCUT2D eigenvalue weighted by atomic mass is 35.5. The lowest BCUT2D eigenvalue weighted by Gasteiger charge is -2.44. The molecule has 8 heteroatoms. The molecule has 0 spiro atoms. The Morgan fingerprint density at radius 3 is 2.39 bits per heavy atom. The third-order valence-corrected chi connectivity index (χ3v) is 7.90. The summed E-state index contributed by atoms with van der Waals surface area (Å²) in [5, 5.41) is 0. The number of likely N-dealkylation sites (tertiary alicyclic amines) is 1. The number of piperidine rings is 2. The van der Waals surface area contributed by atoms with Gasteiger partial charge in [0.1, 0.15) is 0 Å². The van der Waals surface area contributed by atoms with E-state index in [4.69, 9.17) is 5.73 Å². The first-order valence-electron chi connectivity index (χ1n) is 9.72. The van der Waals surface area contributed by atoms with Crippen LogP contribution in [0.15, 0.2) is 29.2 Å². The molecule has 0 aromatic heterocycles. The van der Waals surface area contributed by atoms with Crippen molar-refractivity contribution in [2.24, 2.45) is 17.1 Å². The Kier molecular flexibility index (Phi) is 7.18. The van der Waals surface area contributed by atoms with Gasteiger partial charge in [0, 0.05) is 32.2 Å². The summed E-state index contributed by atoms with van der Waals surface area (Å²) in [5.74, 6) is -0.206. The second kappa shape index (κ2) is 8.69. The van der Waals surface area contributed by atoms with E-state index in [2.05, 4.69) is 13.8 Å². The quantitative estimate of drug-likeness (QED) is 0.799. The van der Waals surface area contributed by atoms with E-state index in [1.165, 1.54) is 4.31 Å². The number of hydrogen-bond acceptors (Lipinski definition) is 4. The van der Waals surface area contributed by atoms with Crippen molar-refractivity contribution < 1.29 is 13.2 Å². The molecular formula is C20H32ClN3O3S. The molecule has 2 aliphatic rings. The molecule has 1 amide bonds. The SMILES string of the molecule is Cc1ccc(S(=O)(=O)N2CCCC(C(=O)N3CCC(N)C(C)(C)C3)C2)cc1.Cl. The maximum atomic E-state index is 13.1. The van der Waals surface area contributed by atoms with Crippen molar-refractivity contribution >= 4 is 28.3 Å². The number of hydrogen-bond donors (Lipinski definition) is 1. The Hall–Kier alpha value is -1.15. The zero-order chi connectivity index (χ0) is 19.8. The number of nitrogens with zero attached hydrogens (tertiary/aromatic N) is 2. The van der Waals surface area contributed by atoms with Gasteiger partial charge < -0.3 is 10.6 Å². The van der Waals surface area contributed by atoms with Crippen molar-refractivity contribution in [1.29, 1.82) is 0 Å². The molecule has 0 radical (unpaired) electrons. The van der Waals surface area contributed by atoms with Gasteiger partial charge in [0.05, 0.1) is 10.8 Å². The molecule has 1 aromatic carbocycles. The van der Waals surface area contributed by atoms with Gasteiger partial charge in [0.15, 0.2) is 0 Å². The summed E-state index contributed by atoms with van der Waals surface area (Å²) in [4.78, 5) is 15.2. The number of aryl methyl sites for hydroxylation is 1. The molecule has 2 unspecified atom stereocenters. The van der Waals surface area contributed by atoms with Gasteiger partial charge >= 0.3 is 0 Å². The molecule has 6 nitrogen and oxygen atoms in total. The molecule has 1 aromatic rings. The Bertz CT molecular complexity index is 795. The maximum absolute atomic E-state index is 13.1. The fourth-order valence-electron chi connectivity index (χ4n) is 4.04. The number of nitrogens with two attached hydrogens (primary N) is 1. The van der Waals surface area contributed by atoms with Crippen LogP contribution in [0.4, 0.5) is 0 Å². The standard InChI is InChI=1S/C20H31N3O3S.ClH/c1-15-6-8-17(9-7-15)27(25,26)23-11-4-5-16(13-23)19(24)22-12-10-18(21)20(2,3)14-22;/h6-9,16,18H,4-5,10-14,21H2,1-3H3;1H. The second-order valence-corrected chi connectivity index (χ2v) is 10.6. The van der Waals surface area contributed by atoms with Gasteiger partial charge in [0.25, 0.3) is 0 Å². The Balaban J connectivity index is 0.00000280. The minimum atomic E-state index is -3.56. The van der Waals surface area contributed by atoms with E-state index in [0.29, 0.717) is 31.0 Å². The first-order valence-corrected chi connectivity index (χ1v) is 11.2. The van der Waals surface area contributed by atoms with Crippen LogP contribution in [0.2, 0.25) is 0 Å². The maximum Gasteiger partial charge on any atom is 0.243 e. The normalized spacial score (nSPS) is 25.8. The molecule has 0 bridgehead atoms. The van der Waals surface area contributed by atoms with Crippen molar-refractivity contribution in [3.8, 4) is 0 Å². The average Bonchev–Trinajstić information content (AvgIpc) is 2.64. The Labute approximate surface area is 174 Å². The van der Waals surface area contributed by atoms with Crippen LogP contribution in [0.25, 0.3) is 0 Å². The molecule has 2 fully saturated rings. The smallest absolute Gasteiger partial charge is 0.243 e. The summed E-state index contributed by atoms with van der Waals surface area (Å²) >= 11 is 0. The fraction of sp³-hybridized carbons (Fsp3) is 0.650. The number of benzene rings is 1. The molecule has 2 aliphatic heterocycles. The van der Waals surface area contributed by atoms with Gasteiger partial charge in [-0.25, -0.2) is 8.42 Å².